The number of likely N-dealkylation sites (tertiary alicyclic amines) is 1. The van der Waals surface area contributed by atoms with Gasteiger partial charge in [0.25, 0.3) is 0 Å². The van der Waals surface area contributed by atoms with Gasteiger partial charge in [-0.2, -0.15) is 0 Å². The van der Waals surface area contributed by atoms with Gasteiger partial charge in [-0.3, -0.25) is 4.90 Å². The topological polar surface area (TPSA) is 73.5 Å². The molecular weight excluding hydrogens is 294 g/mol. The van der Waals surface area contributed by atoms with Gasteiger partial charge >= 0.3 is 6.03 Å². The normalized spacial score (nSPS) is 23.0. The van der Waals surface area contributed by atoms with Gasteiger partial charge < -0.3 is 19.9 Å². The molecule has 1 aromatic heterocycles. The van der Waals surface area contributed by atoms with Crippen molar-refractivity contribution in [3.63, 3.8) is 0 Å². The van der Waals surface area contributed by atoms with Crippen LogP contribution >= 0.6 is 0 Å². The van der Waals surface area contributed by atoms with Gasteiger partial charge in [-0.15, -0.1) is 0 Å². The summed E-state index contributed by atoms with van der Waals surface area (Å²) in [7, 11) is 0. The molecule has 23 heavy (non-hydrogen) atoms. The highest BCUT2D eigenvalue weighted by Gasteiger charge is 2.28. The van der Waals surface area contributed by atoms with Crippen LogP contribution in [0.4, 0.5) is 4.79 Å². The zero-order valence-corrected chi connectivity index (χ0v) is 13.7. The van der Waals surface area contributed by atoms with E-state index in [1.807, 2.05) is 4.90 Å². The Hall–Kier alpha value is -1.60. The second-order valence-corrected chi connectivity index (χ2v) is 6.31. The molecule has 2 aliphatic heterocycles. The fourth-order valence-electron chi connectivity index (χ4n) is 3.37. The van der Waals surface area contributed by atoms with E-state index in [2.05, 4.69) is 20.2 Å². The summed E-state index contributed by atoms with van der Waals surface area (Å²) < 4.78 is 5.41. The van der Waals surface area contributed by atoms with E-state index in [4.69, 9.17) is 4.74 Å². The van der Waals surface area contributed by atoms with Gasteiger partial charge in [-0.1, -0.05) is 0 Å². The van der Waals surface area contributed by atoms with Crippen LogP contribution in [0, 0.1) is 0 Å². The average molecular weight is 321 g/mol. The van der Waals surface area contributed by atoms with Crippen LogP contribution in [0.15, 0.2) is 12.5 Å². The number of amides is 2. The molecule has 1 atom stereocenters. The van der Waals surface area contributed by atoms with Crippen molar-refractivity contribution in [1.82, 2.24) is 25.1 Å². The number of carbonyl (C=O) groups is 1. The number of morpholine rings is 1. The molecule has 7 heteroatoms. The van der Waals surface area contributed by atoms with Crippen molar-refractivity contribution < 1.29 is 9.53 Å². The Kier molecular flexibility index (Phi) is 5.87. The average Bonchev–Trinajstić information content (AvgIpc) is 3.09. The van der Waals surface area contributed by atoms with E-state index in [0.717, 1.165) is 64.3 Å². The first-order valence-electron chi connectivity index (χ1n) is 8.65. The molecule has 0 aromatic carbocycles. The van der Waals surface area contributed by atoms with Gasteiger partial charge in [0.15, 0.2) is 0 Å². The fourth-order valence-corrected chi connectivity index (χ4v) is 3.37. The Bertz CT molecular complexity index is 473. The highest BCUT2D eigenvalue weighted by Crippen LogP contribution is 2.18. The second-order valence-electron chi connectivity index (χ2n) is 6.31. The van der Waals surface area contributed by atoms with Crippen molar-refractivity contribution in [2.45, 2.75) is 31.7 Å². The number of hydrogen-bond acceptors (Lipinski definition) is 4. The minimum absolute atomic E-state index is 0.0717. The SMILES string of the molecule is O=C(NCCc1cnc[nH]1)N1CCCC[C@H]1CN1CCOCC1. The lowest BCUT2D eigenvalue weighted by Crippen LogP contribution is -2.54. The highest BCUT2D eigenvalue weighted by atomic mass is 16.5. The summed E-state index contributed by atoms with van der Waals surface area (Å²) in [5.41, 5.74) is 1.05. The molecule has 3 rings (SSSR count). The summed E-state index contributed by atoms with van der Waals surface area (Å²) in [5, 5.41) is 3.05. The third-order valence-electron chi connectivity index (χ3n) is 4.69. The number of H-pyrrole nitrogens is 1. The highest BCUT2D eigenvalue weighted by molar-refractivity contribution is 5.74. The molecule has 2 saturated heterocycles. The van der Waals surface area contributed by atoms with E-state index in [0.29, 0.717) is 12.6 Å². The van der Waals surface area contributed by atoms with E-state index < -0.39 is 0 Å². The summed E-state index contributed by atoms with van der Waals surface area (Å²) in [5.74, 6) is 0. The first kappa shape index (κ1) is 16.3. The number of nitrogens with zero attached hydrogens (tertiary/aromatic N) is 3. The van der Waals surface area contributed by atoms with Crippen LogP contribution < -0.4 is 5.32 Å². The van der Waals surface area contributed by atoms with Crippen molar-refractivity contribution >= 4 is 6.03 Å². The molecule has 0 radical (unpaired) electrons. The molecule has 2 fully saturated rings. The number of carbonyl (C=O) groups excluding carboxylic acids is 1. The summed E-state index contributed by atoms with van der Waals surface area (Å²) in [6, 6.07) is 0.400. The van der Waals surface area contributed by atoms with Crippen LogP contribution in [0.5, 0.6) is 0 Å². The van der Waals surface area contributed by atoms with Gasteiger partial charge in [0.2, 0.25) is 0 Å². The number of nitrogens with one attached hydrogen (secondary N) is 2. The van der Waals surface area contributed by atoms with Crippen LogP contribution in [0.1, 0.15) is 25.0 Å². The molecule has 1 aromatic rings. The predicted octanol–water partition coefficient (Wildman–Crippen LogP) is 0.849. The molecular formula is C16H27N5O2. The maximum atomic E-state index is 12.5. The van der Waals surface area contributed by atoms with Crippen molar-refractivity contribution in [2.75, 3.05) is 45.9 Å². The van der Waals surface area contributed by atoms with Crippen LogP contribution in [-0.2, 0) is 11.2 Å². The summed E-state index contributed by atoms with van der Waals surface area (Å²) in [6.07, 6.45) is 7.67. The standard InChI is InChI=1S/C16H27N5O2/c22-16(18-5-4-14-11-17-13-19-14)21-6-2-1-3-15(21)12-20-7-9-23-10-8-20/h11,13,15H,1-10,12H2,(H,17,19)(H,18,22)/t15-/m0/s1. The van der Waals surface area contributed by atoms with Gasteiger partial charge in [0, 0.05) is 57.1 Å². The minimum Gasteiger partial charge on any atom is -0.379 e. The lowest BCUT2D eigenvalue weighted by molar-refractivity contribution is 0.0221. The molecule has 7 nitrogen and oxygen atoms in total. The van der Waals surface area contributed by atoms with Gasteiger partial charge in [-0.25, -0.2) is 9.78 Å². The summed E-state index contributed by atoms with van der Waals surface area (Å²) >= 11 is 0. The monoisotopic (exact) mass is 321 g/mol. The minimum atomic E-state index is 0.0717. The second kappa shape index (κ2) is 8.31. The molecule has 0 spiro atoms. The Morgan fingerprint density at radius 3 is 3.00 bits per heavy atom. The van der Waals surface area contributed by atoms with Crippen LogP contribution in [-0.4, -0.2) is 77.8 Å². The third-order valence-corrected chi connectivity index (χ3v) is 4.69. The largest absolute Gasteiger partial charge is 0.379 e. The van der Waals surface area contributed by atoms with Gasteiger partial charge in [-0.05, 0) is 19.3 Å². The molecule has 0 aliphatic carbocycles. The van der Waals surface area contributed by atoms with Crippen LogP contribution in [0.2, 0.25) is 0 Å². The number of aromatic nitrogens is 2. The zero-order chi connectivity index (χ0) is 15.9. The Labute approximate surface area is 137 Å². The Balaban J connectivity index is 1.47. The van der Waals surface area contributed by atoms with Gasteiger partial charge in [0.1, 0.15) is 0 Å². The zero-order valence-electron chi connectivity index (χ0n) is 13.7. The first-order chi connectivity index (χ1) is 11.3. The van der Waals surface area contributed by atoms with E-state index in [9.17, 15) is 4.79 Å². The molecule has 128 valence electrons. The third kappa shape index (κ3) is 4.68. The molecule has 0 saturated carbocycles. The molecule has 0 bridgehead atoms. The van der Waals surface area contributed by atoms with E-state index in [1.165, 1.54) is 6.42 Å². The number of piperidine rings is 1. The van der Waals surface area contributed by atoms with E-state index >= 15 is 0 Å². The number of urea groups is 1. The van der Waals surface area contributed by atoms with E-state index in [1.54, 1.807) is 12.5 Å². The Morgan fingerprint density at radius 2 is 2.22 bits per heavy atom. The maximum absolute atomic E-state index is 12.5. The van der Waals surface area contributed by atoms with Crippen molar-refractivity contribution in [2.24, 2.45) is 0 Å². The summed E-state index contributed by atoms with van der Waals surface area (Å²) in [6.45, 7) is 6.05. The molecule has 2 N–H and O–H groups in total. The number of ether oxygens (including phenoxy) is 1. The molecule has 2 amide bonds. The van der Waals surface area contributed by atoms with E-state index in [-0.39, 0.29) is 6.03 Å². The van der Waals surface area contributed by atoms with Crippen molar-refractivity contribution in [3.05, 3.63) is 18.2 Å². The Morgan fingerprint density at radius 1 is 1.35 bits per heavy atom. The van der Waals surface area contributed by atoms with Crippen molar-refractivity contribution in [1.29, 1.82) is 0 Å². The quantitative estimate of drug-likeness (QED) is 0.843. The van der Waals surface area contributed by atoms with Crippen LogP contribution in [0.25, 0.3) is 0 Å². The number of aromatic amines is 1. The number of hydrogen-bond donors (Lipinski definition) is 2. The number of imidazole rings is 1. The molecule has 3 heterocycles. The first-order valence-corrected chi connectivity index (χ1v) is 8.65. The van der Waals surface area contributed by atoms with Crippen LogP contribution in [0.3, 0.4) is 0 Å². The molecule has 0 unspecified atom stereocenters. The summed E-state index contributed by atoms with van der Waals surface area (Å²) in [4.78, 5) is 24.0. The fraction of sp³-hybridized carbons (Fsp3) is 0.750. The lowest BCUT2D eigenvalue weighted by Gasteiger charge is -2.39. The smallest absolute Gasteiger partial charge is 0.317 e. The van der Waals surface area contributed by atoms with Gasteiger partial charge in [0.05, 0.1) is 19.5 Å². The molecule has 2 aliphatic rings. The van der Waals surface area contributed by atoms with Crippen molar-refractivity contribution in [3.8, 4) is 0 Å². The maximum Gasteiger partial charge on any atom is 0.317 e. The number of rotatable bonds is 5. The predicted molar refractivity (Wildman–Crippen MR) is 87.3 cm³/mol. The lowest BCUT2D eigenvalue weighted by atomic mass is 10.0.